The van der Waals surface area contributed by atoms with E-state index in [2.05, 4.69) is 20.3 Å². The van der Waals surface area contributed by atoms with Crippen LogP contribution >= 0.6 is 11.3 Å². The summed E-state index contributed by atoms with van der Waals surface area (Å²) in [5.74, 6) is 2.13. The van der Waals surface area contributed by atoms with Crippen LogP contribution in [0.4, 0.5) is 5.82 Å². The van der Waals surface area contributed by atoms with Gasteiger partial charge in [0, 0.05) is 17.5 Å². The van der Waals surface area contributed by atoms with Crippen LogP contribution in [-0.4, -0.2) is 28.0 Å². The van der Waals surface area contributed by atoms with Gasteiger partial charge in [0.25, 0.3) is 5.91 Å². The largest absolute Gasteiger partial charge is 0.493 e. The number of pyridine rings is 1. The molecule has 0 aromatic carbocycles. The molecule has 3 aromatic rings. The summed E-state index contributed by atoms with van der Waals surface area (Å²) in [5, 5.41) is 3.82. The van der Waals surface area contributed by atoms with E-state index in [1.165, 1.54) is 11.3 Å². The van der Waals surface area contributed by atoms with Gasteiger partial charge in [-0.05, 0) is 44.4 Å². The molecule has 0 bridgehead atoms. The number of nitrogens with zero attached hydrogens (tertiary/aromatic N) is 3. The van der Waals surface area contributed by atoms with Gasteiger partial charge < -0.3 is 10.1 Å². The van der Waals surface area contributed by atoms with Crippen molar-refractivity contribution in [3.8, 4) is 5.75 Å². The molecule has 1 aliphatic carbocycles. The maximum Gasteiger partial charge on any atom is 0.267 e. The number of aryl methyl sites for hydroxylation is 2. The van der Waals surface area contributed by atoms with Crippen LogP contribution in [0, 0.1) is 13.8 Å². The van der Waals surface area contributed by atoms with Crippen molar-refractivity contribution in [3.05, 3.63) is 40.3 Å². The zero-order chi connectivity index (χ0) is 17.6. The highest BCUT2D eigenvalue weighted by Gasteiger charge is 2.28. The zero-order valence-electron chi connectivity index (χ0n) is 14.3. The van der Waals surface area contributed by atoms with Crippen molar-refractivity contribution < 1.29 is 9.53 Å². The minimum absolute atomic E-state index is 0.204. The molecule has 1 amide bonds. The van der Waals surface area contributed by atoms with E-state index in [-0.39, 0.29) is 5.91 Å². The molecular formula is C18H18N4O2S. The Morgan fingerprint density at radius 2 is 2.12 bits per heavy atom. The van der Waals surface area contributed by atoms with E-state index in [1.807, 2.05) is 13.8 Å². The second kappa shape index (κ2) is 6.07. The molecular weight excluding hydrogens is 336 g/mol. The van der Waals surface area contributed by atoms with Gasteiger partial charge in [-0.15, -0.1) is 11.3 Å². The normalized spacial score (nSPS) is 13.9. The Morgan fingerprint density at radius 3 is 2.84 bits per heavy atom. The minimum atomic E-state index is -0.204. The number of ether oxygens (including phenoxy) is 1. The number of nitrogens with one attached hydrogen (secondary N) is 1. The summed E-state index contributed by atoms with van der Waals surface area (Å²) in [5.41, 5.74) is 1.85. The number of carbonyl (C=O) groups is 1. The summed E-state index contributed by atoms with van der Waals surface area (Å²) in [6.45, 7) is 3.93. The van der Waals surface area contributed by atoms with Gasteiger partial charge >= 0.3 is 0 Å². The fourth-order valence-electron chi connectivity index (χ4n) is 2.91. The van der Waals surface area contributed by atoms with Crippen molar-refractivity contribution in [2.75, 3.05) is 12.4 Å². The number of carbonyl (C=O) groups excluding carboxylic acids is 1. The van der Waals surface area contributed by atoms with E-state index < -0.39 is 0 Å². The number of thiophene rings is 1. The SMILES string of the molecule is COc1cccnc1NC(=O)c1sc2nc(C3CC3)nc(C)c2c1C. The molecule has 1 saturated carbocycles. The van der Waals surface area contributed by atoms with E-state index in [4.69, 9.17) is 4.74 Å². The lowest BCUT2D eigenvalue weighted by Crippen LogP contribution is -2.13. The molecule has 0 saturated heterocycles. The van der Waals surface area contributed by atoms with Crippen LogP contribution in [0.15, 0.2) is 18.3 Å². The molecule has 7 heteroatoms. The van der Waals surface area contributed by atoms with E-state index in [1.54, 1.807) is 25.4 Å². The van der Waals surface area contributed by atoms with Crippen LogP contribution in [0.5, 0.6) is 5.75 Å². The molecule has 0 radical (unpaired) electrons. The third kappa shape index (κ3) is 2.84. The average Bonchev–Trinajstić information content (AvgIpc) is 3.39. The third-order valence-corrected chi connectivity index (χ3v) is 5.54. The van der Waals surface area contributed by atoms with Crippen molar-refractivity contribution in [1.82, 2.24) is 15.0 Å². The summed E-state index contributed by atoms with van der Waals surface area (Å²) in [4.78, 5) is 27.8. The van der Waals surface area contributed by atoms with E-state index in [0.29, 0.717) is 22.4 Å². The second-order valence-corrected chi connectivity index (χ2v) is 7.19. The van der Waals surface area contributed by atoms with Gasteiger partial charge in [0.2, 0.25) is 0 Å². The molecule has 3 aromatic heterocycles. The van der Waals surface area contributed by atoms with Crippen molar-refractivity contribution in [2.45, 2.75) is 32.6 Å². The molecule has 3 heterocycles. The number of aromatic nitrogens is 3. The van der Waals surface area contributed by atoms with Crippen LogP contribution in [0.25, 0.3) is 10.2 Å². The summed E-state index contributed by atoms with van der Waals surface area (Å²) < 4.78 is 5.24. The lowest BCUT2D eigenvalue weighted by molar-refractivity contribution is 0.102. The third-order valence-electron chi connectivity index (χ3n) is 4.36. The Balaban J connectivity index is 1.72. The van der Waals surface area contributed by atoms with Gasteiger partial charge in [0.05, 0.1) is 17.7 Å². The van der Waals surface area contributed by atoms with Gasteiger partial charge in [0.1, 0.15) is 10.7 Å². The quantitative estimate of drug-likeness (QED) is 0.770. The molecule has 1 aliphatic rings. The summed E-state index contributed by atoms with van der Waals surface area (Å²) in [6, 6.07) is 3.52. The number of rotatable bonds is 4. The zero-order valence-corrected chi connectivity index (χ0v) is 15.1. The second-order valence-electron chi connectivity index (χ2n) is 6.19. The molecule has 0 unspecified atom stereocenters. The molecule has 0 spiro atoms. The highest BCUT2D eigenvalue weighted by Crippen LogP contribution is 2.40. The molecule has 0 aliphatic heterocycles. The molecule has 6 nitrogen and oxygen atoms in total. The van der Waals surface area contributed by atoms with E-state index in [9.17, 15) is 4.79 Å². The van der Waals surface area contributed by atoms with E-state index >= 15 is 0 Å². The Labute approximate surface area is 149 Å². The maximum atomic E-state index is 12.8. The van der Waals surface area contributed by atoms with Gasteiger partial charge in [-0.3, -0.25) is 4.79 Å². The van der Waals surface area contributed by atoms with Crippen LogP contribution in [0.1, 0.15) is 45.5 Å². The number of fused-ring (bicyclic) bond motifs is 1. The first-order valence-electron chi connectivity index (χ1n) is 8.16. The van der Waals surface area contributed by atoms with Crippen LogP contribution in [-0.2, 0) is 0 Å². The lowest BCUT2D eigenvalue weighted by atomic mass is 10.1. The summed E-state index contributed by atoms with van der Waals surface area (Å²) >= 11 is 1.41. The predicted molar refractivity (Wildman–Crippen MR) is 97.6 cm³/mol. The minimum Gasteiger partial charge on any atom is -0.493 e. The number of amides is 1. The number of anilines is 1. The summed E-state index contributed by atoms with van der Waals surface area (Å²) in [6.07, 6.45) is 3.93. The Morgan fingerprint density at radius 1 is 1.32 bits per heavy atom. The Kier molecular flexibility index (Phi) is 3.88. The molecule has 25 heavy (non-hydrogen) atoms. The standard InChI is InChI=1S/C18H18N4O2S/c1-9-13-10(2)20-15(11-6-7-11)22-18(13)25-14(9)17(23)21-16-12(24-3)5-4-8-19-16/h4-5,8,11H,6-7H2,1-3H3,(H,19,21,23). The Bertz CT molecular complexity index is 979. The van der Waals surface area contributed by atoms with Crippen molar-refractivity contribution in [2.24, 2.45) is 0 Å². The molecule has 1 N–H and O–H groups in total. The first-order chi connectivity index (χ1) is 12.1. The number of hydrogen-bond donors (Lipinski definition) is 1. The van der Waals surface area contributed by atoms with Crippen LogP contribution in [0.3, 0.4) is 0 Å². The average molecular weight is 354 g/mol. The van der Waals surface area contributed by atoms with Crippen LogP contribution in [0.2, 0.25) is 0 Å². The smallest absolute Gasteiger partial charge is 0.267 e. The maximum absolute atomic E-state index is 12.8. The van der Waals surface area contributed by atoms with Gasteiger partial charge in [-0.1, -0.05) is 0 Å². The van der Waals surface area contributed by atoms with Crippen molar-refractivity contribution in [1.29, 1.82) is 0 Å². The van der Waals surface area contributed by atoms with Crippen LogP contribution < -0.4 is 10.1 Å². The monoisotopic (exact) mass is 354 g/mol. The molecule has 1 fully saturated rings. The van der Waals surface area contributed by atoms with E-state index in [0.717, 1.165) is 40.1 Å². The first kappa shape index (κ1) is 16.0. The van der Waals surface area contributed by atoms with Gasteiger partial charge in [0.15, 0.2) is 11.6 Å². The predicted octanol–water partition coefficient (Wildman–Crippen LogP) is 3.84. The highest BCUT2D eigenvalue weighted by atomic mass is 32.1. The van der Waals surface area contributed by atoms with Crippen molar-refractivity contribution >= 4 is 33.3 Å². The fourth-order valence-corrected chi connectivity index (χ4v) is 4.05. The molecule has 128 valence electrons. The highest BCUT2D eigenvalue weighted by molar-refractivity contribution is 7.20. The van der Waals surface area contributed by atoms with Crippen molar-refractivity contribution in [3.63, 3.8) is 0 Å². The fraction of sp³-hybridized carbons (Fsp3) is 0.333. The van der Waals surface area contributed by atoms with Gasteiger partial charge in [-0.2, -0.15) is 0 Å². The van der Waals surface area contributed by atoms with Gasteiger partial charge in [-0.25, -0.2) is 15.0 Å². The molecule has 4 rings (SSSR count). The Hall–Kier alpha value is -2.54. The number of hydrogen-bond acceptors (Lipinski definition) is 6. The lowest BCUT2D eigenvalue weighted by Gasteiger charge is -2.08. The number of methoxy groups -OCH3 is 1. The summed E-state index contributed by atoms with van der Waals surface area (Å²) in [7, 11) is 1.55. The molecule has 0 atom stereocenters. The topological polar surface area (TPSA) is 77.0 Å². The first-order valence-corrected chi connectivity index (χ1v) is 8.98.